The third-order valence-electron chi connectivity index (χ3n) is 2.45. The maximum Gasteiger partial charge on any atom is 0.138 e. The summed E-state index contributed by atoms with van der Waals surface area (Å²) in [5.41, 5.74) is 0.641. The maximum atomic E-state index is 9.15. The zero-order valence-electron chi connectivity index (χ0n) is 11.2. The zero-order chi connectivity index (χ0) is 13.4. The van der Waals surface area contributed by atoms with Crippen LogP contribution in [0.25, 0.3) is 0 Å². The lowest BCUT2D eigenvalue weighted by Gasteiger charge is -2.11. The minimum absolute atomic E-state index is 0.500. The molecule has 1 aromatic rings. The minimum atomic E-state index is 0.500. The molecule has 98 valence electrons. The minimum Gasteiger partial charge on any atom is -0.492 e. The Bertz CT molecular complexity index is 413. The number of nitriles is 1. The van der Waals surface area contributed by atoms with Gasteiger partial charge in [-0.15, -0.1) is 11.8 Å². The molecule has 0 unspecified atom stereocenters. The number of rotatable bonds is 7. The molecule has 1 rings (SSSR count). The van der Waals surface area contributed by atoms with Gasteiger partial charge >= 0.3 is 0 Å². The van der Waals surface area contributed by atoms with Crippen LogP contribution in [-0.4, -0.2) is 25.4 Å². The number of benzene rings is 1. The van der Waals surface area contributed by atoms with Crippen LogP contribution in [0.1, 0.15) is 25.8 Å². The van der Waals surface area contributed by atoms with Crippen molar-refractivity contribution in [1.29, 1.82) is 5.26 Å². The van der Waals surface area contributed by atoms with Gasteiger partial charge in [-0.2, -0.15) is 5.26 Å². The fraction of sp³-hybridized carbons (Fsp3) is 0.500. The quantitative estimate of drug-likeness (QED) is 0.607. The largest absolute Gasteiger partial charge is 0.492 e. The lowest BCUT2D eigenvalue weighted by Crippen LogP contribution is -2.24. The third kappa shape index (κ3) is 4.59. The van der Waals surface area contributed by atoms with Gasteiger partial charge in [0.1, 0.15) is 17.4 Å². The summed E-state index contributed by atoms with van der Waals surface area (Å²) in [4.78, 5) is 0.968. The number of ether oxygens (including phenoxy) is 1. The van der Waals surface area contributed by atoms with Crippen LogP contribution < -0.4 is 10.1 Å². The first-order valence-electron chi connectivity index (χ1n) is 6.12. The normalized spacial score (nSPS) is 10.4. The molecule has 1 aromatic carbocycles. The highest BCUT2D eigenvalue weighted by atomic mass is 32.2. The first-order valence-corrected chi connectivity index (χ1v) is 7.34. The van der Waals surface area contributed by atoms with Gasteiger partial charge in [-0.05, 0) is 31.4 Å². The standard InChI is InChI=1S/C14H20N2OS/c1-11(2)16-8-5-9-17-13-6-4-7-14(18-3)12(13)10-15/h4,6-7,11,16H,5,8-9H2,1-3H3. The van der Waals surface area contributed by atoms with Crippen molar-refractivity contribution in [2.45, 2.75) is 31.2 Å². The summed E-state index contributed by atoms with van der Waals surface area (Å²) in [5, 5.41) is 12.5. The summed E-state index contributed by atoms with van der Waals surface area (Å²) in [6.45, 7) is 5.81. The smallest absolute Gasteiger partial charge is 0.138 e. The van der Waals surface area contributed by atoms with E-state index in [2.05, 4.69) is 25.2 Å². The van der Waals surface area contributed by atoms with Gasteiger partial charge in [-0.25, -0.2) is 0 Å². The second-order valence-corrected chi connectivity index (χ2v) is 5.10. The van der Waals surface area contributed by atoms with Gasteiger partial charge in [-0.1, -0.05) is 19.9 Å². The first kappa shape index (κ1) is 14.9. The van der Waals surface area contributed by atoms with Crippen molar-refractivity contribution in [1.82, 2.24) is 5.32 Å². The molecule has 18 heavy (non-hydrogen) atoms. The van der Waals surface area contributed by atoms with Crippen molar-refractivity contribution in [3.05, 3.63) is 23.8 Å². The molecule has 0 aliphatic rings. The van der Waals surface area contributed by atoms with E-state index in [-0.39, 0.29) is 0 Å². The van der Waals surface area contributed by atoms with Crippen molar-refractivity contribution < 1.29 is 4.74 Å². The van der Waals surface area contributed by atoms with E-state index < -0.39 is 0 Å². The Morgan fingerprint density at radius 1 is 1.44 bits per heavy atom. The van der Waals surface area contributed by atoms with Gasteiger partial charge in [0.2, 0.25) is 0 Å². The predicted octanol–water partition coefficient (Wildman–Crippen LogP) is 3.05. The third-order valence-corrected chi connectivity index (χ3v) is 3.23. The molecule has 0 aliphatic carbocycles. The number of hydrogen-bond donors (Lipinski definition) is 1. The Hall–Kier alpha value is -1.18. The Labute approximate surface area is 114 Å². The van der Waals surface area contributed by atoms with Crippen LogP contribution in [0.2, 0.25) is 0 Å². The van der Waals surface area contributed by atoms with Gasteiger partial charge < -0.3 is 10.1 Å². The molecule has 0 spiro atoms. The molecule has 0 heterocycles. The highest BCUT2D eigenvalue weighted by Gasteiger charge is 2.07. The van der Waals surface area contributed by atoms with Gasteiger partial charge in [0.05, 0.1) is 6.61 Å². The average molecular weight is 264 g/mol. The molecule has 0 atom stereocenters. The Morgan fingerprint density at radius 2 is 2.22 bits per heavy atom. The van der Waals surface area contributed by atoms with Gasteiger partial charge in [0, 0.05) is 10.9 Å². The molecule has 3 nitrogen and oxygen atoms in total. The first-order chi connectivity index (χ1) is 8.69. The fourth-order valence-corrected chi connectivity index (χ4v) is 2.12. The van der Waals surface area contributed by atoms with Crippen LogP contribution in [0.5, 0.6) is 5.75 Å². The average Bonchev–Trinajstić information content (AvgIpc) is 2.37. The Kier molecular flexibility index (Phi) is 6.63. The van der Waals surface area contributed by atoms with E-state index in [9.17, 15) is 0 Å². The monoisotopic (exact) mass is 264 g/mol. The summed E-state index contributed by atoms with van der Waals surface area (Å²) >= 11 is 1.57. The number of hydrogen-bond acceptors (Lipinski definition) is 4. The summed E-state index contributed by atoms with van der Waals surface area (Å²) in [7, 11) is 0. The van der Waals surface area contributed by atoms with E-state index >= 15 is 0 Å². The Morgan fingerprint density at radius 3 is 2.83 bits per heavy atom. The number of nitrogens with one attached hydrogen (secondary N) is 1. The predicted molar refractivity (Wildman–Crippen MR) is 76.2 cm³/mol. The van der Waals surface area contributed by atoms with E-state index in [1.165, 1.54) is 0 Å². The molecule has 0 amide bonds. The van der Waals surface area contributed by atoms with Crippen molar-refractivity contribution in [3.63, 3.8) is 0 Å². The molecule has 0 saturated heterocycles. The van der Waals surface area contributed by atoms with Gasteiger partial charge in [0.15, 0.2) is 0 Å². The van der Waals surface area contributed by atoms with Crippen LogP contribution in [0, 0.1) is 11.3 Å². The van der Waals surface area contributed by atoms with E-state index in [1.54, 1.807) is 11.8 Å². The van der Waals surface area contributed by atoms with Crippen LogP contribution in [-0.2, 0) is 0 Å². The SMILES string of the molecule is CSc1cccc(OCCCNC(C)C)c1C#N. The van der Waals surface area contributed by atoms with Gasteiger partial charge in [-0.3, -0.25) is 0 Å². The van der Waals surface area contributed by atoms with Gasteiger partial charge in [0.25, 0.3) is 0 Å². The molecule has 0 fully saturated rings. The van der Waals surface area contributed by atoms with Crippen molar-refractivity contribution in [2.24, 2.45) is 0 Å². The van der Waals surface area contributed by atoms with Crippen LogP contribution >= 0.6 is 11.8 Å². The Balaban J connectivity index is 2.50. The summed E-state index contributed by atoms with van der Waals surface area (Å²) in [5.74, 6) is 0.689. The molecule has 4 heteroatoms. The molecule has 0 radical (unpaired) electrons. The zero-order valence-corrected chi connectivity index (χ0v) is 12.0. The number of nitrogens with zero attached hydrogens (tertiary/aromatic N) is 1. The van der Waals surface area contributed by atoms with E-state index in [4.69, 9.17) is 10.00 Å². The molecule has 0 aliphatic heterocycles. The molecule has 0 saturated carbocycles. The van der Waals surface area contributed by atoms with Crippen LogP contribution in [0.4, 0.5) is 0 Å². The number of thioether (sulfide) groups is 1. The molecular weight excluding hydrogens is 244 g/mol. The van der Waals surface area contributed by atoms with E-state index in [1.807, 2.05) is 24.5 Å². The highest BCUT2D eigenvalue weighted by molar-refractivity contribution is 7.98. The van der Waals surface area contributed by atoms with E-state index in [0.717, 1.165) is 17.9 Å². The fourth-order valence-electron chi connectivity index (χ4n) is 1.56. The summed E-state index contributed by atoms with van der Waals surface area (Å²) in [6, 6.07) is 8.43. The second kappa shape index (κ2) is 8.02. The molecule has 0 aromatic heterocycles. The second-order valence-electron chi connectivity index (χ2n) is 4.26. The van der Waals surface area contributed by atoms with E-state index in [0.29, 0.717) is 24.0 Å². The molecular formula is C14H20N2OS. The molecule has 0 bridgehead atoms. The lowest BCUT2D eigenvalue weighted by molar-refractivity contribution is 0.304. The van der Waals surface area contributed by atoms with Crippen molar-refractivity contribution in [2.75, 3.05) is 19.4 Å². The topological polar surface area (TPSA) is 45.0 Å². The maximum absolute atomic E-state index is 9.15. The van der Waals surface area contributed by atoms with Crippen molar-refractivity contribution in [3.8, 4) is 11.8 Å². The molecule has 1 N–H and O–H groups in total. The lowest BCUT2D eigenvalue weighted by atomic mass is 10.2. The summed E-state index contributed by atoms with van der Waals surface area (Å²) < 4.78 is 5.68. The van der Waals surface area contributed by atoms with Crippen LogP contribution in [0.15, 0.2) is 23.1 Å². The highest BCUT2D eigenvalue weighted by Crippen LogP contribution is 2.27. The van der Waals surface area contributed by atoms with Crippen LogP contribution in [0.3, 0.4) is 0 Å². The van der Waals surface area contributed by atoms with Crippen molar-refractivity contribution >= 4 is 11.8 Å². The summed E-state index contributed by atoms with van der Waals surface area (Å²) in [6.07, 6.45) is 2.90.